The van der Waals surface area contributed by atoms with E-state index in [-0.39, 0.29) is 12.0 Å². The van der Waals surface area contributed by atoms with Gasteiger partial charge in [-0.15, -0.1) is 0 Å². The fourth-order valence-corrected chi connectivity index (χ4v) is 1.95. The third-order valence-corrected chi connectivity index (χ3v) is 2.63. The van der Waals surface area contributed by atoms with Gasteiger partial charge in [-0.25, -0.2) is 0 Å². The summed E-state index contributed by atoms with van der Waals surface area (Å²) in [5.74, 6) is 0.967. The van der Waals surface area contributed by atoms with Gasteiger partial charge in [-0.2, -0.15) is 0 Å². The highest BCUT2D eigenvalue weighted by Crippen LogP contribution is 2.43. The second-order valence-corrected chi connectivity index (χ2v) is 3.09. The maximum absolute atomic E-state index is 10.7. The third kappa shape index (κ3) is 0.568. The van der Waals surface area contributed by atoms with Crippen molar-refractivity contribution in [1.82, 2.24) is 0 Å². The van der Waals surface area contributed by atoms with Gasteiger partial charge in [0.1, 0.15) is 5.78 Å². The van der Waals surface area contributed by atoms with Crippen LogP contribution >= 0.6 is 0 Å². The van der Waals surface area contributed by atoms with E-state index in [1.807, 2.05) is 0 Å². The minimum atomic E-state index is -0.160. The van der Waals surface area contributed by atoms with Gasteiger partial charge >= 0.3 is 0 Å². The summed E-state index contributed by atoms with van der Waals surface area (Å²) < 4.78 is 0. The zero-order chi connectivity index (χ0) is 6.43. The Kier molecular flexibility index (Phi) is 0.943. The summed E-state index contributed by atoms with van der Waals surface area (Å²) in [5.41, 5.74) is 0. The molecule has 1 N–H and O–H groups in total. The molecule has 2 aliphatic carbocycles. The van der Waals surface area contributed by atoms with Gasteiger partial charge in [-0.05, 0) is 12.8 Å². The number of aliphatic hydroxyl groups excluding tert-OH is 1. The largest absolute Gasteiger partial charge is 0.393 e. The highest BCUT2D eigenvalue weighted by Gasteiger charge is 2.47. The molecular weight excluding hydrogens is 116 g/mol. The Bertz CT molecular complexity index is 153. The molecule has 2 nitrogen and oxygen atoms in total. The van der Waals surface area contributed by atoms with Crippen LogP contribution in [0, 0.1) is 11.8 Å². The van der Waals surface area contributed by atoms with Gasteiger partial charge in [-0.1, -0.05) is 0 Å². The maximum atomic E-state index is 10.7. The Labute approximate surface area is 53.9 Å². The van der Waals surface area contributed by atoms with Crippen LogP contribution in [0.15, 0.2) is 0 Å². The van der Waals surface area contributed by atoms with Gasteiger partial charge in [-0.3, -0.25) is 4.79 Å². The summed E-state index contributed by atoms with van der Waals surface area (Å²) in [6.07, 6.45) is 2.27. The molecule has 0 radical (unpaired) electrons. The number of Topliss-reactive ketones (excluding diaryl/α,β-unsaturated/α-hetero) is 1. The van der Waals surface area contributed by atoms with Crippen molar-refractivity contribution < 1.29 is 9.90 Å². The second kappa shape index (κ2) is 1.57. The Morgan fingerprint density at radius 3 is 2.67 bits per heavy atom. The molecule has 2 rings (SSSR count). The summed E-state index contributed by atoms with van der Waals surface area (Å²) in [4.78, 5) is 10.7. The zero-order valence-electron chi connectivity index (χ0n) is 5.21. The van der Waals surface area contributed by atoms with E-state index in [0.29, 0.717) is 18.1 Å². The molecule has 0 spiro atoms. The number of carbonyl (C=O) groups is 1. The lowest BCUT2D eigenvalue weighted by molar-refractivity contribution is -0.135. The predicted octanol–water partition coefficient (Wildman–Crippen LogP) is 0.346. The summed E-state index contributed by atoms with van der Waals surface area (Å²) in [6, 6.07) is 0. The summed E-state index contributed by atoms with van der Waals surface area (Å²) in [6.45, 7) is 0. The Balaban J connectivity index is 2.11. The topological polar surface area (TPSA) is 37.3 Å². The van der Waals surface area contributed by atoms with Gasteiger partial charge < -0.3 is 5.11 Å². The predicted molar refractivity (Wildman–Crippen MR) is 31.8 cm³/mol. The SMILES string of the molecule is O=C1CC2C(O)CCC12. The fourth-order valence-electron chi connectivity index (χ4n) is 1.95. The second-order valence-electron chi connectivity index (χ2n) is 3.09. The lowest BCUT2D eigenvalue weighted by Crippen LogP contribution is -2.37. The van der Waals surface area contributed by atoms with Crippen molar-refractivity contribution in [2.45, 2.75) is 25.4 Å². The van der Waals surface area contributed by atoms with Crippen LogP contribution in [0.2, 0.25) is 0 Å². The van der Waals surface area contributed by atoms with Crippen molar-refractivity contribution in [3.05, 3.63) is 0 Å². The molecule has 0 aromatic heterocycles. The molecule has 2 saturated carbocycles. The molecule has 2 fully saturated rings. The van der Waals surface area contributed by atoms with Crippen molar-refractivity contribution in [3.63, 3.8) is 0 Å². The molecule has 0 aromatic carbocycles. The van der Waals surface area contributed by atoms with Crippen molar-refractivity contribution in [2.75, 3.05) is 0 Å². The summed E-state index contributed by atoms with van der Waals surface area (Å²) in [5, 5.41) is 9.18. The van der Waals surface area contributed by atoms with Gasteiger partial charge in [0.2, 0.25) is 0 Å². The molecule has 2 heteroatoms. The molecule has 3 atom stereocenters. The van der Waals surface area contributed by atoms with E-state index in [1.165, 1.54) is 0 Å². The molecule has 50 valence electrons. The minimum Gasteiger partial charge on any atom is -0.393 e. The fraction of sp³-hybridized carbons (Fsp3) is 0.857. The summed E-state index contributed by atoms with van der Waals surface area (Å²) >= 11 is 0. The van der Waals surface area contributed by atoms with Crippen LogP contribution in [-0.4, -0.2) is 17.0 Å². The van der Waals surface area contributed by atoms with Crippen molar-refractivity contribution in [2.24, 2.45) is 11.8 Å². The molecular formula is C7H10O2. The average Bonchev–Trinajstić information content (AvgIpc) is 2.07. The number of hydrogen-bond acceptors (Lipinski definition) is 2. The molecule has 9 heavy (non-hydrogen) atoms. The number of carbonyl (C=O) groups excluding carboxylic acids is 1. The van der Waals surface area contributed by atoms with Crippen molar-refractivity contribution in [3.8, 4) is 0 Å². The number of fused-ring (bicyclic) bond motifs is 1. The monoisotopic (exact) mass is 126 g/mol. The van der Waals surface area contributed by atoms with E-state index in [2.05, 4.69) is 0 Å². The van der Waals surface area contributed by atoms with Crippen LogP contribution in [-0.2, 0) is 4.79 Å². The third-order valence-electron chi connectivity index (χ3n) is 2.63. The van der Waals surface area contributed by atoms with E-state index in [0.717, 1.165) is 12.8 Å². The van der Waals surface area contributed by atoms with Crippen LogP contribution in [0.25, 0.3) is 0 Å². The molecule has 0 bridgehead atoms. The highest BCUT2D eigenvalue weighted by atomic mass is 16.3. The number of ketones is 1. The van der Waals surface area contributed by atoms with Crippen LogP contribution < -0.4 is 0 Å². The molecule has 0 amide bonds. The van der Waals surface area contributed by atoms with E-state index < -0.39 is 0 Å². The Morgan fingerprint density at radius 1 is 1.44 bits per heavy atom. The molecule has 0 aliphatic heterocycles. The first-order valence-corrected chi connectivity index (χ1v) is 3.50. The Morgan fingerprint density at radius 2 is 2.22 bits per heavy atom. The van der Waals surface area contributed by atoms with Gasteiger partial charge in [0, 0.05) is 18.3 Å². The molecule has 0 saturated heterocycles. The van der Waals surface area contributed by atoms with Crippen LogP contribution in [0.1, 0.15) is 19.3 Å². The lowest BCUT2D eigenvalue weighted by atomic mass is 9.74. The summed E-state index contributed by atoms with van der Waals surface area (Å²) in [7, 11) is 0. The minimum absolute atomic E-state index is 0.160. The smallest absolute Gasteiger partial charge is 0.136 e. The zero-order valence-corrected chi connectivity index (χ0v) is 5.21. The van der Waals surface area contributed by atoms with Crippen LogP contribution in [0.3, 0.4) is 0 Å². The molecule has 2 aliphatic rings. The quantitative estimate of drug-likeness (QED) is 0.508. The number of hydrogen-bond donors (Lipinski definition) is 1. The average molecular weight is 126 g/mol. The van der Waals surface area contributed by atoms with Gasteiger partial charge in [0.05, 0.1) is 6.10 Å². The van der Waals surface area contributed by atoms with Crippen LogP contribution in [0.5, 0.6) is 0 Å². The lowest BCUT2D eigenvalue weighted by Gasteiger charge is -2.29. The maximum Gasteiger partial charge on any atom is 0.136 e. The molecule has 0 aromatic rings. The molecule has 3 unspecified atom stereocenters. The van der Waals surface area contributed by atoms with Gasteiger partial charge in [0.15, 0.2) is 0 Å². The van der Waals surface area contributed by atoms with E-state index >= 15 is 0 Å². The number of rotatable bonds is 0. The van der Waals surface area contributed by atoms with Gasteiger partial charge in [0.25, 0.3) is 0 Å². The first-order valence-electron chi connectivity index (χ1n) is 3.50. The van der Waals surface area contributed by atoms with E-state index in [1.54, 1.807) is 0 Å². The standard InChI is InChI=1S/C7H10O2/c8-6-2-1-4-5(6)3-7(4)9/h4-6,8H,1-3H2. The van der Waals surface area contributed by atoms with Crippen LogP contribution in [0.4, 0.5) is 0 Å². The highest BCUT2D eigenvalue weighted by molar-refractivity contribution is 5.88. The van der Waals surface area contributed by atoms with Crippen molar-refractivity contribution in [1.29, 1.82) is 0 Å². The van der Waals surface area contributed by atoms with E-state index in [4.69, 9.17) is 0 Å². The van der Waals surface area contributed by atoms with Crippen molar-refractivity contribution >= 4 is 5.78 Å². The number of aliphatic hydroxyl groups is 1. The first-order chi connectivity index (χ1) is 4.29. The normalized spacial score (nSPS) is 48.6. The first kappa shape index (κ1) is 5.42. The van der Waals surface area contributed by atoms with E-state index in [9.17, 15) is 9.90 Å². The Hall–Kier alpha value is -0.370. The molecule has 0 heterocycles.